The molecule has 0 rings (SSSR count). The van der Waals surface area contributed by atoms with E-state index in [2.05, 4.69) is 6.58 Å². The maximum atomic E-state index is 10.4. The van der Waals surface area contributed by atoms with E-state index in [-0.39, 0.29) is 5.06 Å². The molecule has 0 amide bonds. The summed E-state index contributed by atoms with van der Waals surface area (Å²) in [5.41, 5.74) is 0.750. The van der Waals surface area contributed by atoms with Crippen LogP contribution in [0.1, 0.15) is 6.92 Å². The Balaban J connectivity index is 3.78. The summed E-state index contributed by atoms with van der Waals surface area (Å²) in [4.78, 5) is 0. The third-order valence-corrected chi connectivity index (χ3v) is 0.923. The zero-order valence-electron chi connectivity index (χ0n) is 5.27. The van der Waals surface area contributed by atoms with Crippen molar-refractivity contribution in [1.29, 1.82) is 0 Å². The Morgan fingerprint density at radius 1 is 1.75 bits per heavy atom. The van der Waals surface area contributed by atoms with Crippen molar-refractivity contribution in [1.82, 2.24) is 0 Å². The molecule has 1 unspecified atom stereocenters. The molecule has 0 spiro atoms. The van der Waals surface area contributed by atoms with E-state index in [0.717, 1.165) is 5.70 Å². The van der Waals surface area contributed by atoms with Gasteiger partial charge in [-0.15, -0.1) is 0 Å². The molecule has 0 aromatic carbocycles. The fourth-order valence-corrected chi connectivity index (χ4v) is 0.294. The van der Waals surface area contributed by atoms with Gasteiger partial charge in [-0.2, -0.15) is 0 Å². The second-order valence-electron chi connectivity index (χ2n) is 1.64. The zero-order valence-corrected chi connectivity index (χ0v) is 5.27. The summed E-state index contributed by atoms with van der Waals surface area (Å²) in [6.45, 7) is 5.22. The summed E-state index contributed by atoms with van der Waals surface area (Å²) in [6.07, 6.45) is 3.30. The molecular weight excluding hydrogens is 102 g/mol. The van der Waals surface area contributed by atoms with Crippen LogP contribution < -0.4 is 5.06 Å². The number of rotatable bonds is 2. The molecule has 0 radical (unpaired) electrons. The predicted molar refractivity (Wildman–Crippen MR) is 34.2 cm³/mol. The molecule has 0 saturated carbocycles. The summed E-state index contributed by atoms with van der Waals surface area (Å²) in [6, 6.07) is 0. The number of hydrogen-bond acceptors (Lipinski definition) is 1. The minimum Gasteiger partial charge on any atom is -0.629 e. The van der Waals surface area contributed by atoms with E-state index in [4.69, 9.17) is 0 Å². The largest absolute Gasteiger partial charge is 0.629 e. The molecule has 0 saturated heterocycles. The third-order valence-electron chi connectivity index (χ3n) is 0.923. The summed E-state index contributed by atoms with van der Waals surface area (Å²) < 4.78 is 0. The molecule has 0 fully saturated rings. The summed E-state index contributed by atoms with van der Waals surface area (Å²) in [5.74, 6) is 0. The summed E-state index contributed by atoms with van der Waals surface area (Å²) in [5, 5.41) is 10.5. The molecule has 0 aliphatic rings. The molecule has 0 aliphatic heterocycles. The minimum absolute atomic E-state index is 0.102. The van der Waals surface area contributed by atoms with E-state index in [1.54, 1.807) is 19.1 Å². The van der Waals surface area contributed by atoms with Crippen LogP contribution in [-0.2, 0) is 0 Å². The third kappa shape index (κ3) is 2.55. The van der Waals surface area contributed by atoms with E-state index in [1.807, 2.05) is 0 Å². The van der Waals surface area contributed by atoms with Crippen LogP contribution >= 0.6 is 0 Å². The van der Waals surface area contributed by atoms with Crippen molar-refractivity contribution in [3.63, 3.8) is 0 Å². The van der Waals surface area contributed by atoms with Crippen molar-refractivity contribution in [2.45, 2.75) is 6.92 Å². The molecule has 0 heterocycles. The number of quaternary nitrogens is 1. The van der Waals surface area contributed by atoms with Gasteiger partial charge in [0.05, 0.1) is 7.05 Å². The molecule has 0 aromatic rings. The highest BCUT2D eigenvalue weighted by molar-refractivity contribution is 5.00. The SMILES string of the molecule is C=C/C=C(\C)[NH+](C)[O-]. The predicted octanol–water partition coefficient (Wildman–Crippen LogP) is 0.0887. The highest BCUT2D eigenvalue weighted by atomic mass is 16.5. The standard InChI is InChI=1S/C6H11NO/c1-4-5-6(2)7(3)8/h4-5,7H,1H2,2-3H3/b6-5+. The fourth-order valence-electron chi connectivity index (χ4n) is 0.294. The lowest BCUT2D eigenvalue weighted by molar-refractivity contribution is -0.782. The highest BCUT2D eigenvalue weighted by Gasteiger charge is 1.86. The van der Waals surface area contributed by atoms with Gasteiger partial charge in [0.25, 0.3) is 0 Å². The van der Waals surface area contributed by atoms with Gasteiger partial charge in [-0.1, -0.05) is 12.7 Å². The lowest BCUT2D eigenvalue weighted by Gasteiger charge is -2.14. The van der Waals surface area contributed by atoms with Crippen molar-refractivity contribution in [3.8, 4) is 0 Å². The van der Waals surface area contributed by atoms with E-state index in [1.165, 1.54) is 7.05 Å². The topological polar surface area (TPSA) is 27.5 Å². The first-order chi connectivity index (χ1) is 3.68. The first-order valence-electron chi connectivity index (χ1n) is 2.48. The Labute approximate surface area is 49.7 Å². The van der Waals surface area contributed by atoms with Crippen LogP contribution in [0.4, 0.5) is 0 Å². The molecule has 0 bridgehead atoms. The smallest absolute Gasteiger partial charge is 0.104 e. The van der Waals surface area contributed by atoms with E-state index < -0.39 is 0 Å². The summed E-state index contributed by atoms with van der Waals surface area (Å²) >= 11 is 0. The Morgan fingerprint density at radius 2 is 2.25 bits per heavy atom. The van der Waals surface area contributed by atoms with Crippen LogP contribution in [0.15, 0.2) is 24.4 Å². The van der Waals surface area contributed by atoms with Crippen molar-refractivity contribution >= 4 is 0 Å². The van der Waals surface area contributed by atoms with Crippen LogP contribution in [0.2, 0.25) is 0 Å². The van der Waals surface area contributed by atoms with Gasteiger partial charge < -0.3 is 10.3 Å². The Bertz CT molecular complexity index is 105. The van der Waals surface area contributed by atoms with Crippen molar-refractivity contribution < 1.29 is 5.06 Å². The second-order valence-corrected chi connectivity index (χ2v) is 1.64. The van der Waals surface area contributed by atoms with E-state index in [9.17, 15) is 5.21 Å². The zero-order chi connectivity index (χ0) is 6.57. The van der Waals surface area contributed by atoms with Gasteiger partial charge in [0.15, 0.2) is 0 Å². The molecule has 1 atom stereocenters. The fraction of sp³-hybridized carbons (Fsp3) is 0.333. The van der Waals surface area contributed by atoms with Crippen LogP contribution in [0.25, 0.3) is 0 Å². The monoisotopic (exact) mass is 113 g/mol. The van der Waals surface area contributed by atoms with Crippen LogP contribution in [-0.4, -0.2) is 7.05 Å². The Kier molecular flexibility index (Phi) is 3.15. The molecule has 1 N–H and O–H groups in total. The lowest BCUT2D eigenvalue weighted by atomic mass is 10.4. The highest BCUT2D eigenvalue weighted by Crippen LogP contribution is 1.76. The van der Waals surface area contributed by atoms with Crippen molar-refractivity contribution in [2.24, 2.45) is 0 Å². The molecule has 0 aromatic heterocycles. The van der Waals surface area contributed by atoms with Crippen LogP contribution in [0, 0.1) is 5.21 Å². The molecular formula is C6H11NO. The summed E-state index contributed by atoms with van der Waals surface area (Å²) in [7, 11) is 1.54. The first-order valence-corrected chi connectivity index (χ1v) is 2.48. The molecule has 2 nitrogen and oxygen atoms in total. The first kappa shape index (κ1) is 7.40. The normalized spacial score (nSPS) is 15.6. The average Bonchev–Trinajstić information content (AvgIpc) is 1.67. The van der Waals surface area contributed by atoms with Gasteiger partial charge in [0, 0.05) is 6.92 Å². The van der Waals surface area contributed by atoms with E-state index >= 15 is 0 Å². The molecule has 46 valence electrons. The lowest BCUT2D eigenvalue weighted by Crippen LogP contribution is -3.01. The van der Waals surface area contributed by atoms with Crippen molar-refractivity contribution in [2.75, 3.05) is 7.05 Å². The minimum atomic E-state index is 0.102. The molecule has 0 aliphatic carbocycles. The van der Waals surface area contributed by atoms with Gasteiger partial charge in [-0.3, -0.25) is 0 Å². The maximum absolute atomic E-state index is 10.4. The van der Waals surface area contributed by atoms with E-state index in [0.29, 0.717) is 0 Å². The number of hydroxylamine groups is 2. The van der Waals surface area contributed by atoms with Gasteiger partial charge in [-0.05, 0) is 6.08 Å². The number of nitrogens with one attached hydrogen (secondary N) is 1. The molecule has 2 heteroatoms. The number of hydrogen-bond donors (Lipinski definition) is 1. The van der Waals surface area contributed by atoms with Crippen LogP contribution in [0.5, 0.6) is 0 Å². The van der Waals surface area contributed by atoms with Crippen LogP contribution in [0.3, 0.4) is 0 Å². The quantitative estimate of drug-likeness (QED) is 0.399. The van der Waals surface area contributed by atoms with Gasteiger partial charge in [0.1, 0.15) is 5.70 Å². The second kappa shape index (κ2) is 3.41. The van der Waals surface area contributed by atoms with Gasteiger partial charge in [0.2, 0.25) is 0 Å². The Morgan fingerprint density at radius 3 is 2.38 bits per heavy atom. The van der Waals surface area contributed by atoms with Gasteiger partial charge >= 0.3 is 0 Å². The van der Waals surface area contributed by atoms with Gasteiger partial charge in [-0.25, -0.2) is 0 Å². The Hall–Kier alpha value is -0.600. The average molecular weight is 113 g/mol. The number of allylic oxidation sites excluding steroid dienone is 3. The van der Waals surface area contributed by atoms with Crippen molar-refractivity contribution in [3.05, 3.63) is 29.6 Å². The molecule has 8 heavy (non-hydrogen) atoms. The maximum Gasteiger partial charge on any atom is 0.104 e.